The predicted molar refractivity (Wildman–Crippen MR) is 136 cm³/mol. The molecule has 0 bridgehead atoms. The van der Waals surface area contributed by atoms with E-state index in [9.17, 15) is 4.79 Å². The Morgan fingerprint density at radius 3 is 2.73 bits per heavy atom. The summed E-state index contributed by atoms with van der Waals surface area (Å²) < 4.78 is 9.79. The van der Waals surface area contributed by atoms with E-state index in [0.29, 0.717) is 17.1 Å². The molecule has 168 valence electrons. The van der Waals surface area contributed by atoms with Crippen LogP contribution in [0.2, 0.25) is 0 Å². The summed E-state index contributed by atoms with van der Waals surface area (Å²) in [5.41, 5.74) is 3.45. The topological polar surface area (TPSA) is 73.8 Å². The van der Waals surface area contributed by atoms with Gasteiger partial charge in [-0.25, -0.2) is 9.78 Å². The van der Waals surface area contributed by atoms with Crippen LogP contribution in [-0.2, 0) is 24.5 Å². The van der Waals surface area contributed by atoms with E-state index in [2.05, 4.69) is 40.7 Å². The first kappa shape index (κ1) is 22.2. The minimum absolute atomic E-state index is 0.323. The van der Waals surface area contributed by atoms with Gasteiger partial charge >= 0.3 is 5.63 Å². The summed E-state index contributed by atoms with van der Waals surface area (Å²) in [5.74, 6) is 2.25. The van der Waals surface area contributed by atoms with Crippen LogP contribution in [0.5, 0.6) is 0 Å². The van der Waals surface area contributed by atoms with Gasteiger partial charge in [-0.05, 0) is 42.7 Å². The number of hydrogen-bond acceptors (Lipinski definition) is 8. The molecule has 33 heavy (non-hydrogen) atoms. The third-order valence-corrected chi connectivity index (χ3v) is 8.56. The predicted octanol–water partition coefficient (Wildman–Crippen LogP) is 6.16. The van der Waals surface area contributed by atoms with Gasteiger partial charge in [0.25, 0.3) is 0 Å². The second-order valence-corrected chi connectivity index (χ2v) is 10.6. The highest BCUT2D eigenvalue weighted by atomic mass is 32.2. The highest BCUT2D eigenvalue weighted by Gasteiger charge is 2.15. The summed E-state index contributed by atoms with van der Waals surface area (Å²) in [4.78, 5) is 16.8. The zero-order valence-corrected chi connectivity index (χ0v) is 20.7. The fraction of sp³-hybridized carbons (Fsp3) is 0.250. The third kappa shape index (κ3) is 4.71. The number of benzene rings is 2. The Bertz CT molecular complexity index is 1460. The van der Waals surface area contributed by atoms with Crippen LogP contribution in [-0.4, -0.2) is 19.7 Å². The minimum Gasteiger partial charge on any atom is -0.423 e. The van der Waals surface area contributed by atoms with Crippen molar-refractivity contribution in [2.45, 2.75) is 47.8 Å². The Morgan fingerprint density at radius 2 is 1.91 bits per heavy atom. The lowest BCUT2D eigenvalue weighted by Crippen LogP contribution is -2.03. The first-order chi connectivity index (χ1) is 16.1. The molecule has 0 unspecified atom stereocenters. The monoisotopic (exact) mass is 494 g/mol. The second-order valence-electron chi connectivity index (χ2n) is 7.44. The molecule has 5 aromatic rings. The molecule has 0 saturated carbocycles. The van der Waals surface area contributed by atoms with E-state index in [1.807, 2.05) is 30.3 Å². The largest absolute Gasteiger partial charge is 0.423 e. The Labute approximate surface area is 203 Å². The molecule has 9 heteroatoms. The van der Waals surface area contributed by atoms with Crippen LogP contribution in [0.1, 0.15) is 30.8 Å². The standard InChI is InChI=1S/C24H22N4O2S3/c1-3-15-9-10-17-16(12-22(29)30-19(17)11-15)13-31-23-27-26-21(28(23)4-2)14-32-24-25-18-7-5-6-8-20(18)33-24/h5-12H,3-4,13-14H2,1-2H3. The molecule has 0 saturated heterocycles. The highest BCUT2D eigenvalue weighted by Crippen LogP contribution is 2.32. The van der Waals surface area contributed by atoms with Crippen molar-refractivity contribution in [3.8, 4) is 0 Å². The zero-order chi connectivity index (χ0) is 22.8. The van der Waals surface area contributed by atoms with Gasteiger partial charge in [-0.2, -0.15) is 0 Å². The Balaban J connectivity index is 1.33. The van der Waals surface area contributed by atoms with Crippen LogP contribution < -0.4 is 5.63 Å². The number of thiazole rings is 1. The smallest absolute Gasteiger partial charge is 0.336 e. The molecule has 0 fully saturated rings. The van der Waals surface area contributed by atoms with E-state index in [4.69, 9.17) is 9.40 Å². The van der Waals surface area contributed by atoms with Gasteiger partial charge in [-0.3, -0.25) is 0 Å². The molecule has 0 spiro atoms. The van der Waals surface area contributed by atoms with Gasteiger partial charge in [-0.1, -0.05) is 54.7 Å². The van der Waals surface area contributed by atoms with Crippen LogP contribution in [0.3, 0.4) is 0 Å². The van der Waals surface area contributed by atoms with E-state index < -0.39 is 0 Å². The van der Waals surface area contributed by atoms with Crippen molar-refractivity contribution in [2.75, 3.05) is 0 Å². The molecule has 0 N–H and O–H groups in total. The van der Waals surface area contributed by atoms with Gasteiger partial charge in [0.1, 0.15) is 11.4 Å². The van der Waals surface area contributed by atoms with Crippen molar-refractivity contribution < 1.29 is 4.42 Å². The Hall–Kier alpha value is -2.62. The summed E-state index contributed by atoms with van der Waals surface area (Å²) in [6, 6.07) is 15.8. The average molecular weight is 495 g/mol. The number of fused-ring (bicyclic) bond motifs is 2. The van der Waals surface area contributed by atoms with Crippen LogP contribution in [0.25, 0.3) is 21.2 Å². The van der Waals surface area contributed by atoms with Crippen LogP contribution >= 0.6 is 34.9 Å². The number of nitrogens with zero attached hydrogens (tertiary/aromatic N) is 4. The molecule has 0 aliphatic carbocycles. The van der Waals surface area contributed by atoms with Crippen LogP contribution in [0.4, 0.5) is 0 Å². The Kier molecular flexibility index (Phi) is 6.52. The SMILES string of the molecule is CCc1ccc2c(CSc3nnc(CSc4nc5ccccc5s4)n3CC)cc(=O)oc2c1. The van der Waals surface area contributed by atoms with Gasteiger partial charge in [0, 0.05) is 23.8 Å². The lowest BCUT2D eigenvalue weighted by molar-refractivity contribution is 0.559. The number of hydrogen-bond donors (Lipinski definition) is 0. The van der Waals surface area contributed by atoms with Crippen molar-refractivity contribution in [3.05, 3.63) is 75.9 Å². The molecule has 2 aromatic carbocycles. The molecule has 0 aliphatic rings. The van der Waals surface area contributed by atoms with Crippen molar-refractivity contribution in [1.29, 1.82) is 0 Å². The Morgan fingerprint density at radius 1 is 1.03 bits per heavy atom. The second kappa shape index (κ2) is 9.70. The van der Waals surface area contributed by atoms with E-state index in [1.165, 1.54) is 4.70 Å². The normalized spacial score (nSPS) is 11.6. The van der Waals surface area contributed by atoms with Gasteiger partial charge in [0.05, 0.1) is 16.0 Å². The molecule has 3 heterocycles. The molecule has 3 aromatic heterocycles. The van der Waals surface area contributed by atoms with E-state index in [0.717, 1.165) is 50.3 Å². The van der Waals surface area contributed by atoms with Gasteiger partial charge in [0.2, 0.25) is 0 Å². The summed E-state index contributed by atoms with van der Waals surface area (Å²) >= 11 is 4.98. The molecule has 0 aliphatic heterocycles. The van der Waals surface area contributed by atoms with E-state index in [1.54, 1.807) is 40.9 Å². The third-order valence-electron chi connectivity index (χ3n) is 5.37. The molecular formula is C24H22N4O2S3. The first-order valence-corrected chi connectivity index (χ1v) is 13.5. The number of para-hydroxylation sites is 1. The minimum atomic E-state index is -0.323. The first-order valence-electron chi connectivity index (χ1n) is 10.7. The highest BCUT2D eigenvalue weighted by molar-refractivity contribution is 8.00. The maximum absolute atomic E-state index is 12.1. The molecular weight excluding hydrogens is 472 g/mol. The van der Waals surface area contributed by atoms with Crippen molar-refractivity contribution in [2.24, 2.45) is 0 Å². The van der Waals surface area contributed by atoms with Crippen LogP contribution in [0, 0.1) is 0 Å². The molecule has 0 amide bonds. The fourth-order valence-electron chi connectivity index (χ4n) is 3.65. The number of rotatable bonds is 8. The summed E-state index contributed by atoms with van der Waals surface area (Å²) in [6.07, 6.45) is 0.899. The van der Waals surface area contributed by atoms with E-state index in [-0.39, 0.29) is 5.63 Å². The maximum atomic E-state index is 12.1. The summed E-state index contributed by atoms with van der Waals surface area (Å²) in [7, 11) is 0. The quantitative estimate of drug-likeness (QED) is 0.189. The molecule has 5 rings (SSSR count). The maximum Gasteiger partial charge on any atom is 0.336 e. The molecule has 0 radical (unpaired) electrons. The lowest BCUT2D eigenvalue weighted by atomic mass is 10.1. The zero-order valence-electron chi connectivity index (χ0n) is 18.3. The van der Waals surface area contributed by atoms with E-state index >= 15 is 0 Å². The summed E-state index contributed by atoms with van der Waals surface area (Å²) in [6.45, 7) is 4.96. The van der Waals surface area contributed by atoms with Crippen LogP contribution in [0.15, 0.2) is 67.2 Å². The van der Waals surface area contributed by atoms with Gasteiger partial charge < -0.3 is 8.98 Å². The van der Waals surface area contributed by atoms with Gasteiger partial charge in [-0.15, -0.1) is 21.5 Å². The average Bonchev–Trinajstić information content (AvgIpc) is 3.43. The number of aryl methyl sites for hydroxylation is 1. The number of aromatic nitrogens is 4. The van der Waals surface area contributed by atoms with Crippen molar-refractivity contribution in [3.63, 3.8) is 0 Å². The summed E-state index contributed by atoms with van der Waals surface area (Å²) in [5, 5.41) is 10.7. The molecule has 0 atom stereocenters. The van der Waals surface area contributed by atoms with Crippen molar-refractivity contribution in [1.82, 2.24) is 19.7 Å². The fourth-order valence-corrected chi connectivity index (χ4v) is 6.67. The van der Waals surface area contributed by atoms with Gasteiger partial charge in [0.15, 0.2) is 9.50 Å². The lowest BCUT2D eigenvalue weighted by Gasteiger charge is -2.08. The van der Waals surface area contributed by atoms with Crippen molar-refractivity contribution >= 4 is 56.0 Å². The number of thioether (sulfide) groups is 2. The molecule has 6 nitrogen and oxygen atoms in total.